The van der Waals surface area contributed by atoms with Gasteiger partial charge < -0.3 is 14.4 Å². The van der Waals surface area contributed by atoms with E-state index in [-0.39, 0.29) is 17.3 Å². The second kappa shape index (κ2) is 13.0. The van der Waals surface area contributed by atoms with Gasteiger partial charge in [-0.15, -0.1) is 0 Å². The molecule has 2 heterocycles. The Morgan fingerprint density at radius 3 is 1.91 bits per heavy atom. The number of thioether (sulfide) groups is 1. The van der Waals surface area contributed by atoms with E-state index >= 15 is 0 Å². The van der Waals surface area contributed by atoms with Crippen molar-refractivity contribution in [2.45, 2.75) is 30.2 Å². The summed E-state index contributed by atoms with van der Waals surface area (Å²) in [4.78, 5) is 32.1. The van der Waals surface area contributed by atoms with Gasteiger partial charge in [0.25, 0.3) is 5.24 Å². The number of rotatable bonds is 9. The monoisotopic (exact) mass is 640 g/mol. The summed E-state index contributed by atoms with van der Waals surface area (Å²) in [6.45, 7) is 3.24. The Kier molecular flexibility index (Phi) is 8.48. The normalized spacial score (nSPS) is 17.7. The number of nitrogens with zero attached hydrogens (tertiary/aromatic N) is 2. The van der Waals surface area contributed by atoms with Crippen LogP contribution in [-0.4, -0.2) is 47.6 Å². The highest BCUT2D eigenvalue weighted by Gasteiger charge is 2.54. The average Bonchev–Trinajstić information content (AvgIpc) is 3.38. The summed E-state index contributed by atoms with van der Waals surface area (Å²) >= 11 is 1.10. The predicted molar refractivity (Wildman–Crippen MR) is 187 cm³/mol. The Balaban J connectivity index is 1.10. The fraction of sp³-hybridized carbons (Fsp3) is 0.200. The zero-order valence-electron chi connectivity index (χ0n) is 26.4. The largest absolute Gasteiger partial charge is 0.490 e. The zero-order chi connectivity index (χ0) is 32.4. The van der Waals surface area contributed by atoms with E-state index in [0.717, 1.165) is 57.7 Å². The number of anilines is 1. The zero-order valence-corrected chi connectivity index (χ0v) is 27.2. The summed E-state index contributed by atoms with van der Waals surface area (Å²) in [6, 6.07) is 43.4. The molecule has 1 saturated heterocycles. The molecule has 2 aliphatic heterocycles. The highest BCUT2D eigenvalue weighted by Crippen LogP contribution is 2.48. The van der Waals surface area contributed by atoms with E-state index in [2.05, 4.69) is 24.9 Å². The van der Waals surface area contributed by atoms with Crippen LogP contribution in [0.2, 0.25) is 0 Å². The summed E-state index contributed by atoms with van der Waals surface area (Å²) in [6.07, 6.45) is 0.324. The van der Waals surface area contributed by atoms with Crippen molar-refractivity contribution in [3.8, 4) is 11.5 Å². The van der Waals surface area contributed by atoms with Crippen molar-refractivity contribution in [3.63, 3.8) is 0 Å². The standard InChI is InChI=1S/C40H36N2O4S/c1-28-13-12-20-35-37(28)41(2)26-34(46-35)27-45-33-23-21-29(22-24-33)25-36-38(43)42(39(44)47-36)40(30-14-6-3-7-15-30,31-16-8-4-9-17-31)32-18-10-5-11-19-32/h3-24,34,36H,25-27H2,1-2H3. The van der Waals surface area contributed by atoms with Gasteiger partial charge in [0.05, 0.1) is 17.5 Å². The fourth-order valence-electron chi connectivity index (χ4n) is 6.86. The first kappa shape index (κ1) is 30.6. The topological polar surface area (TPSA) is 59.1 Å². The lowest BCUT2D eigenvalue weighted by atomic mass is 9.75. The van der Waals surface area contributed by atoms with Crippen LogP contribution in [0.15, 0.2) is 133 Å². The number of hydrogen-bond donors (Lipinski definition) is 0. The lowest BCUT2D eigenvalue weighted by Gasteiger charge is -2.42. The Hall–Kier alpha value is -5.01. The van der Waals surface area contributed by atoms with Crippen LogP contribution in [0.3, 0.4) is 0 Å². The van der Waals surface area contributed by atoms with Gasteiger partial charge in [-0.25, -0.2) is 0 Å². The van der Waals surface area contributed by atoms with E-state index < -0.39 is 10.8 Å². The summed E-state index contributed by atoms with van der Waals surface area (Å²) in [5.74, 6) is 1.40. The first-order valence-electron chi connectivity index (χ1n) is 15.9. The minimum Gasteiger partial charge on any atom is -0.490 e. The molecule has 7 heteroatoms. The minimum atomic E-state index is -1.12. The van der Waals surface area contributed by atoms with Gasteiger partial charge in [0.1, 0.15) is 29.7 Å². The van der Waals surface area contributed by atoms with Gasteiger partial charge in [-0.3, -0.25) is 14.5 Å². The number of carbonyl (C=O) groups excluding carboxylic acids is 2. The summed E-state index contributed by atoms with van der Waals surface area (Å²) < 4.78 is 12.4. The molecular formula is C40H36N2O4S. The number of para-hydroxylation sites is 1. The van der Waals surface area contributed by atoms with Gasteiger partial charge in [-0.05, 0) is 59.4 Å². The number of aryl methyl sites for hydroxylation is 1. The Bertz CT molecular complexity index is 1770. The van der Waals surface area contributed by atoms with Crippen LogP contribution in [0.4, 0.5) is 10.5 Å². The van der Waals surface area contributed by atoms with Crippen LogP contribution < -0.4 is 14.4 Å². The number of amides is 2. The molecule has 0 bridgehead atoms. The average molecular weight is 641 g/mol. The number of hydrogen-bond acceptors (Lipinski definition) is 6. The number of carbonyl (C=O) groups is 2. The van der Waals surface area contributed by atoms with Gasteiger partial charge in [0, 0.05) is 7.05 Å². The van der Waals surface area contributed by atoms with E-state index in [0.29, 0.717) is 13.0 Å². The quantitative estimate of drug-likeness (QED) is 0.153. The van der Waals surface area contributed by atoms with Crippen molar-refractivity contribution in [2.24, 2.45) is 0 Å². The molecule has 2 atom stereocenters. The van der Waals surface area contributed by atoms with Crippen LogP contribution in [-0.2, 0) is 16.8 Å². The molecule has 0 N–H and O–H groups in total. The maximum absolute atomic E-state index is 14.4. The molecule has 0 aliphatic carbocycles. The smallest absolute Gasteiger partial charge is 0.290 e. The third kappa shape index (κ3) is 5.76. The van der Waals surface area contributed by atoms with Crippen LogP contribution in [0.1, 0.15) is 27.8 Å². The van der Waals surface area contributed by atoms with Crippen molar-refractivity contribution >= 4 is 28.6 Å². The van der Waals surface area contributed by atoms with Crippen molar-refractivity contribution in [1.82, 2.24) is 4.90 Å². The predicted octanol–water partition coefficient (Wildman–Crippen LogP) is 7.87. The van der Waals surface area contributed by atoms with Gasteiger partial charge in [-0.2, -0.15) is 0 Å². The highest BCUT2D eigenvalue weighted by atomic mass is 32.2. The van der Waals surface area contributed by atoms with E-state index in [9.17, 15) is 9.59 Å². The summed E-state index contributed by atoms with van der Waals surface area (Å²) in [7, 11) is 2.08. The van der Waals surface area contributed by atoms with Crippen LogP contribution in [0.5, 0.6) is 11.5 Å². The third-order valence-corrected chi connectivity index (χ3v) is 10.0. The Labute approximate surface area is 279 Å². The van der Waals surface area contributed by atoms with Crippen LogP contribution in [0, 0.1) is 6.92 Å². The van der Waals surface area contributed by atoms with Crippen LogP contribution >= 0.6 is 11.8 Å². The molecule has 2 amide bonds. The first-order chi connectivity index (χ1) is 22.9. The number of likely N-dealkylation sites (N-methyl/N-ethyl adjacent to an activating group) is 1. The van der Waals surface area contributed by atoms with E-state index in [4.69, 9.17) is 9.47 Å². The number of fused-ring (bicyclic) bond motifs is 1. The second-order valence-corrected chi connectivity index (χ2v) is 13.2. The maximum atomic E-state index is 14.4. The SMILES string of the molecule is Cc1cccc2c1N(C)CC(COc1ccc(CC3SC(=O)N(C(c4ccccc4)(c4ccccc4)c4ccccc4)C3=O)cc1)O2. The van der Waals surface area contributed by atoms with Gasteiger partial charge in [0.2, 0.25) is 5.91 Å². The third-order valence-electron chi connectivity index (χ3n) is 8.97. The molecular weight excluding hydrogens is 605 g/mol. The molecule has 0 radical (unpaired) electrons. The lowest BCUT2D eigenvalue weighted by Crippen LogP contribution is -2.51. The first-order valence-corrected chi connectivity index (χ1v) is 16.7. The Morgan fingerprint density at radius 2 is 1.34 bits per heavy atom. The molecule has 1 fully saturated rings. The van der Waals surface area contributed by atoms with Crippen LogP contribution in [0.25, 0.3) is 0 Å². The molecule has 5 aromatic carbocycles. The molecule has 0 aromatic heterocycles. The summed E-state index contributed by atoms with van der Waals surface area (Å²) in [5.41, 5.74) is 4.72. The maximum Gasteiger partial charge on any atom is 0.290 e. The Morgan fingerprint density at radius 1 is 0.766 bits per heavy atom. The highest BCUT2D eigenvalue weighted by molar-refractivity contribution is 8.15. The number of imide groups is 1. The molecule has 7 rings (SSSR count). The molecule has 6 nitrogen and oxygen atoms in total. The van der Waals surface area contributed by atoms with E-state index in [1.54, 1.807) is 0 Å². The van der Waals surface area contributed by atoms with Gasteiger partial charge in [0.15, 0.2) is 0 Å². The molecule has 2 aliphatic rings. The van der Waals surface area contributed by atoms with Crippen molar-refractivity contribution in [1.29, 1.82) is 0 Å². The van der Waals surface area contributed by atoms with E-state index in [1.807, 2.05) is 127 Å². The number of ether oxygens (including phenoxy) is 2. The molecule has 0 spiro atoms. The fourth-order valence-corrected chi connectivity index (χ4v) is 7.91. The van der Waals surface area contributed by atoms with E-state index in [1.165, 1.54) is 10.5 Å². The molecule has 236 valence electrons. The summed E-state index contributed by atoms with van der Waals surface area (Å²) in [5, 5.41) is -0.815. The second-order valence-electron chi connectivity index (χ2n) is 12.1. The molecule has 47 heavy (non-hydrogen) atoms. The van der Waals surface area contributed by atoms with Gasteiger partial charge in [-0.1, -0.05) is 127 Å². The van der Waals surface area contributed by atoms with Crippen molar-refractivity contribution in [3.05, 3.63) is 161 Å². The van der Waals surface area contributed by atoms with Crippen molar-refractivity contribution in [2.75, 3.05) is 25.1 Å². The molecule has 5 aromatic rings. The lowest BCUT2D eigenvalue weighted by molar-refractivity contribution is -0.129. The minimum absolute atomic E-state index is 0.0995. The molecule has 0 saturated carbocycles. The number of benzene rings is 5. The van der Waals surface area contributed by atoms with Crippen molar-refractivity contribution < 1.29 is 19.1 Å². The molecule has 2 unspecified atom stereocenters. The van der Waals surface area contributed by atoms with Gasteiger partial charge >= 0.3 is 0 Å².